The van der Waals surface area contributed by atoms with Gasteiger partial charge in [-0.25, -0.2) is 0 Å². The zero-order valence-electron chi connectivity index (χ0n) is 6.62. The molecule has 0 spiro atoms. The van der Waals surface area contributed by atoms with Gasteiger partial charge in [0.25, 0.3) is 0 Å². The van der Waals surface area contributed by atoms with E-state index in [2.05, 4.69) is 43.8 Å². The Morgan fingerprint density at radius 3 is 2.82 bits per heavy atom. The Hall–Kier alpha value is -0.430. The maximum Gasteiger partial charge on any atom is 0.0123 e. The fraction of sp³-hybridized carbons (Fsp3) is 0.400. The van der Waals surface area contributed by atoms with Gasteiger partial charge >= 0.3 is 0 Å². The second kappa shape index (κ2) is 2.56. The van der Waals surface area contributed by atoms with Gasteiger partial charge in [0.05, 0.1) is 0 Å². The molecule has 1 aromatic rings. The van der Waals surface area contributed by atoms with Gasteiger partial charge in [-0.2, -0.15) is 12.6 Å². The van der Waals surface area contributed by atoms with E-state index in [0.717, 1.165) is 6.42 Å². The molecule has 0 aliphatic heterocycles. The third-order valence-corrected chi connectivity index (χ3v) is 3.18. The number of benzene rings is 1. The molecule has 0 radical (unpaired) electrons. The smallest absolute Gasteiger partial charge is 0.0123 e. The molecule has 0 heterocycles. The van der Waals surface area contributed by atoms with E-state index in [1.807, 2.05) is 0 Å². The van der Waals surface area contributed by atoms with Crippen LogP contribution in [0.2, 0.25) is 0 Å². The third-order valence-electron chi connectivity index (χ3n) is 2.55. The van der Waals surface area contributed by atoms with Gasteiger partial charge in [-0.1, -0.05) is 31.2 Å². The summed E-state index contributed by atoms with van der Waals surface area (Å²) in [5, 5.41) is 0.535. The summed E-state index contributed by atoms with van der Waals surface area (Å²) in [5.41, 5.74) is 2.98. The monoisotopic (exact) mass is 164 g/mol. The normalized spacial score (nSPS) is 28.5. The highest BCUT2D eigenvalue weighted by molar-refractivity contribution is 7.81. The highest BCUT2D eigenvalue weighted by Gasteiger charge is 2.25. The van der Waals surface area contributed by atoms with Gasteiger partial charge < -0.3 is 0 Å². The van der Waals surface area contributed by atoms with Crippen LogP contribution in [0.3, 0.4) is 0 Å². The van der Waals surface area contributed by atoms with Crippen molar-refractivity contribution in [1.82, 2.24) is 0 Å². The molecule has 0 saturated carbocycles. The largest absolute Gasteiger partial charge is 0.175 e. The van der Waals surface area contributed by atoms with Gasteiger partial charge in [0.2, 0.25) is 0 Å². The van der Waals surface area contributed by atoms with Gasteiger partial charge in [-0.05, 0) is 23.5 Å². The van der Waals surface area contributed by atoms with Crippen molar-refractivity contribution in [3.05, 3.63) is 35.4 Å². The van der Waals surface area contributed by atoms with Crippen LogP contribution >= 0.6 is 12.6 Å². The average molecular weight is 164 g/mol. The summed E-state index contributed by atoms with van der Waals surface area (Å²) in [7, 11) is 0. The predicted molar refractivity (Wildman–Crippen MR) is 51.3 cm³/mol. The van der Waals surface area contributed by atoms with Crippen LogP contribution in [0.1, 0.15) is 24.0 Å². The molecule has 2 unspecified atom stereocenters. The summed E-state index contributed by atoms with van der Waals surface area (Å²) in [6, 6.07) is 8.65. The first-order chi connectivity index (χ1) is 5.29. The van der Waals surface area contributed by atoms with E-state index in [1.54, 1.807) is 0 Å². The Bertz CT molecular complexity index is 267. The highest BCUT2D eigenvalue weighted by atomic mass is 32.1. The molecule has 1 aliphatic carbocycles. The van der Waals surface area contributed by atoms with Crippen LogP contribution in [0.5, 0.6) is 0 Å². The Morgan fingerprint density at radius 1 is 1.36 bits per heavy atom. The topological polar surface area (TPSA) is 0 Å². The molecule has 58 valence electrons. The first kappa shape index (κ1) is 7.23. The summed E-state index contributed by atoms with van der Waals surface area (Å²) in [6.45, 7) is 2.25. The number of thiol groups is 1. The molecule has 1 heteroatoms. The van der Waals surface area contributed by atoms with E-state index in [4.69, 9.17) is 0 Å². The van der Waals surface area contributed by atoms with Crippen molar-refractivity contribution in [2.75, 3.05) is 0 Å². The van der Waals surface area contributed by atoms with E-state index in [1.165, 1.54) is 11.1 Å². The minimum Gasteiger partial charge on any atom is -0.175 e. The molecule has 1 aliphatic rings. The first-order valence-corrected chi connectivity index (χ1v) is 4.56. The summed E-state index contributed by atoms with van der Waals surface area (Å²) in [5.74, 6) is 0.634. The molecule has 11 heavy (non-hydrogen) atoms. The molecular weight excluding hydrogens is 152 g/mol. The minimum atomic E-state index is 0.535. The molecule has 0 fully saturated rings. The van der Waals surface area contributed by atoms with Crippen LogP contribution < -0.4 is 0 Å². The van der Waals surface area contributed by atoms with E-state index in [9.17, 15) is 0 Å². The van der Waals surface area contributed by atoms with Crippen molar-refractivity contribution in [2.24, 2.45) is 0 Å². The van der Waals surface area contributed by atoms with Crippen molar-refractivity contribution in [3.8, 4) is 0 Å². The zero-order valence-corrected chi connectivity index (χ0v) is 7.51. The lowest BCUT2D eigenvalue weighted by atomic mass is 10.0. The molecule has 2 atom stereocenters. The molecule has 0 saturated heterocycles. The van der Waals surface area contributed by atoms with E-state index in [0.29, 0.717) is 11.2 Å². The Kier molecular flexibility index (Phi) is 1.68. The maximum atomic E-state index is 4.53. The molecule has 1 aromatic carbocycles. The molecule has 2 rings (SSSR count). The van der Waals surface area contributed by atoms with Crippen LogP contribution in [0.4, 0.5) is 0 Å². The molecule has 0 N–H and O–H groups in total. The van der Waals surface area contributed by atoms with E-state index < -0.39 is 0 Å². The van der Waals surface area contributed by atoms with Gasteiger partial charge in [0.15, 0.2) is 0 Å². The fourth-order valence-corrected chi connectivity index (χ4v) is 2.13. The van der Waals surface area contributed by atoms with Crippen molar-refractivity contribution in [3.63, 3.8) is 0 Å². The third kappa shape index (κ3) is 1.08. The second-order valence-corrected chi connectivity index (χ2v) is 3.92. The van der Waals surface area contributed by atoms with Gasteiger partial charge in [-0.15, -0.1) is 0 Å². The summed E-state index contributed by atoms with van der Waals surface area (Å²) in [6.07, 6.45) is 1.14. The Balaban J connectivity index is 2.47. The first-order valence-electron chi connectivity index (χ1n) is 4.05. The molecule has 0 nitrogen and oxygen atoms in total. The van der Waals surface area contributed by atoms with Crippen molar-refractivity contribution >= 4 is 12.6 Å². The Labute approximate surface area is 73.0 Å². The zero-order chi connectivity index (χ0) is 7.84. The number of fused-ring (bicyclic) bond motifs is 1. The van der Waals surface area contributed by atoms with Crippen LogP contribution in [0, 0.1) is 0 Å². The van der Waals surface area contributed by atoms with Gasteiger partial charge in [0, 0.05) is 5.25 Å². The standard InChI is InChI=1S/C10H12S/c1-7-9-5-3-2-4-8(9)6-10(7)11/h2-5,7,10-11H,6H2,1H3. The van der Waals surface area contributed by atoms with Crippen molar-refractivity contribution in [2.45, 2.75) is 24.5 Å². The Morgan fingerprint density at radius 2 is 2.09 bits per heavy atom. The SMILES string of the molecule is CC1c2ccccc2CC1S. The summed E-state index contributed by atoms with van der Waals surface area (Å²) < 4.78 is 0. The van der Waals surface area contributed by atoms with Gasteiger partial charge in [-0.3, -0.25) is 0 Å². The molecule has 0 amide bonds. The predicted octanol–water partition coefficient (Wildman–Crippen LogP) is 2.64. The van der Waals surface area contributed by atoms with Crippen LogP contribution in [0.25, 0.3) is 0 Å². The lowest BCUT2D eigenvalue weighted by Gasteiger charge is -2.07. The number of hydrogen-bond donors (Lipinski definition) is 1. The highest BCUT2D eigenvalue weighted by Crippen LogP contribution is 2.35. The van der Waals surface area contributed by atoms with Crippen LogP contribution in [-0.4, -0.2) is 5.25 Å². The average Bonchev–Trinajstić information content (AvgIpc) is 2.30. The van der Waals surface area contributed by atoms with E-state index >= 15 is 0 Å². The number of rotatable bonds is 0. The van der Waals surface area contributed by atoms with E-state index in [-0.39, 0.29) is 0 Å². The quantitative estimate of drug-likeness (QED) is 0.560. The minimum absolute atomic E-state index is 0.535. The lowest BCUT2D eigenvalue weighted by Crippen LogP contribution is -2.01. The molecule has 0 aromatic heterocycles. The van der Waals surface area contributed by atoms with Crippen molar-refractivity contribution in [1.29, 1.82) is 0 Å². The maximum absolute atomic E-state index is 4.53. The molecule has 0 bridgehead atoms. The van der Waals surface area contributed by atoms with Crippen LogP contribution in [-0.2, 0) is 6.42 Å². The van der Waals surface area contributed by atoms with Crippen LogP contribution in [0.15, 0.2) is 24.3 Å². The van der Waals surface area contributed by atoms with Gasteiger partial charge in [0.1, 0.15) is 0 Å². The molecular formula is C10H12S. The number of hydrogen-bond acceptors (Lipinski definition) is 1. The van der Waals surface area contributed by atoms with Crippen molar-refractivity contribution < 1.29 is 0 Å². The fourth-order valence-electron chi connectivity index (χ4n) is 1.77. The second-order valence-electron chi connectivity index (χ2n) is 3.26. The summed E-state index contributed by atoms with van der Waals surface area (Å²) >= 11 is 4.53. The summed E-state index contributed by atoms with van der Waals surface area (Å²) in [4.78, 5) is 0. The lowest BCUT2D eigenvalue weighted by molar-refractivity contribution is 0.771.